The monoisotopic (exact) mass is 200 g/mol. The Labute approximate surface area is 72.2 Å². The van der Waals surface area contributed by atoms with Crippen LogP contribution in [0.1, 0.15) is 0 Å². The molecule has 1 rings (SSSR count). The van der Waals surface area contributed by atoms with Crippen LogP contribution >= 0.6 is 0 Å². The van der Waals surface area contributed by atoms with Crippen LogP contribution in [0.3, 0.4) is 0 Å². The van der Waals surface area contributed by atoms with E-state index in [4.69, 9.17) is 20.4 Å². The van der Waals surface area contributed by atoms with Gasteiger partial charge in [0.25, 0.3) is 5.85 Å². The molecule has 0 spiro atoms. The molecule has 0 aromatic heterocycles. The Kier molecular flexibility index (Phi) is 2.83. The second-order valence-corrected chi connectivity index (χ2v) is 2.84. The quantitative estimate of drug-likeness (QED) is 0.395. The zero-order valence-corrected chi connectivity index (χ0v) is 6.47. The van der Waals surface area contributed by atoms with Crippen LogP contribution in [-0.2, 0) is 4.74 Å². The summed E-state index contributed by atoms with van der Waals surface area (Å²) >= 11 is 0. The van der Waals surface area contributed by atoms with E-state index < -0.39 is 37.1 Å². The lowest BCUT2D eigenvalue weighted by Gasteiger charge is -2.40. The lowest BCUT2D eigenvalue weighted by Crippen LogP contribution is -2.62. The topological polar surface area (TPSA) is 90.2 Å². The summed E-state index contributed by atoms with van der Waals surface area (Å²) in [5.41, 5.74) is 0. The Morgan fingerprint density at radius 3 is 2.23 bits per heavy atom. The van der Waals surface area contributed by atoms with Crippen LogP contribution in [0.2, 0.25) is 0 Å². The van der Waals surface area contributed by atoms with Gasteiger partial charge in [0.15, 0.2) is 0 Å². The minimum absolute atomic E-state index is 1.31. The Balaban J connectivity index is 2.82. The maximum atomic E-state index is 13.1. The molecule has 1 aliphatic heterocycles. The zero-order chi connectivity index (χ0) is 10.2. The fraction of sp³-hybridized carbons (Fsp3) is 1.00. The van der Waals surface area contributed by atoms with Gasteiger partial charge in [-0.3, -0.25) is 0 Å². The van der Waals surface area contributed by atoms with E-state index in [1.54, 1.807) is 0 Å². The van der Waals surface area contributed by atoms with Gasteiger partial charge in [-0.1, -0.05) is 0 Å². The third-order valence-electron chi connectivity index (χ3n) is 1.91. The fourth-order valence-electron chi connectivity index (χ4n) is 1.05. The van der Waals surface area contributed by atoms with E-state index in [1.165, 1.54) is 0 Å². The largest absolute Gasteiger partial charge is 0.390 e. The van der Waals surface area contributed by atoms with Gasteiger partial charge in [-0.15, -0.1) is 0 Å². The van der Waals surface area contributed by atoms with Gasteiger partial charge < -0.3 is 25.2 Å². The average Bonchev–Trinajstić information content (AvgIpc) is 2.12. The lowest BCUT2D eigenvalue weighted by atomic mass is 9.98. The van der Waals surface area contributed by atoms with Gasteiger partial charge in [-0.2, -0.15) is 0 Å². The number of hydrogen-bond donors (Lipinski definition) is 4. The molecular formula is C6H10F2O5. The van der Waals surface area contributed by atoms with Crippen molar-refractivity contribution in [2.45, 2.75) is 30.5 Å². The van der Waals surface area contributed by atoms with Crippen molar-refractivity contribution in [3.8, 4) is 0 Å². The molecule has 0 aliphatic carbocycles. The predicted molar refractivity (Wildman–Crippen MR) is 34.9 cm³/mol. The molecule has 0 radical (unpaired) electrons. The summed E-state index contributed by atoms with van der Waals surface area (Å²) in [5.74, 6) is -3.07. The number of alkyl halides is 2. The molecule has 5 atom stereocenters. The molecule has 1 aliphatic rings. The summed E-state index contributed by atoms with van der Waals surface area (Å²) in [6.45, 7) is -1.31. The number of aliphatic hydroxyl groups excluding tert-OH is 4. The van der Waals surface area contributed by atoms with Crippen molar-refractivity contribution in [1.29, 1.82) is 0 Å². The highest BCUT2D eigenvalue weighted by molar-refractivity contribution is 4.93. The van der Waals surface area contributed by atoms with Crippen molar-refractivity contribution in [1.82, 2.24) is 0 Å². The maximum Gasteiger partial charge on any atom is 0.263 e. The second kappa shape index (κ2) is 3.43. The summed E-state index contributed by atoms with van der Waals surface area (Å²) in [5, 5.41) is 35.1. The van der Waals surface area contributed by atoms with E-state index in [1.807, 2.05) is 0 Å². The first-order chi connectivity index (χ1) is 5.92. The molecule has 0 bridgehead atoms. The molecule has 1 fully saturated rings. The lowest BCUT2D eigenvalue weighted by molar-refractivity contribution is -0.349. The minimum Gasteiger partial charge on any atom is -0.390 e. The summed E-state index contributed by atoms with van der Waals surface area (Å²) in [6.07, 6.45) is -8.71. The van der Waals surface area contributed by atoms with E-state index in [0.29, 0.717) is 0 Å². The Morgan fingerprint density at radius 2 is 1.77 bits per heavy atom. The smallest absolute Gasteiger partial charge is 0.263 e. The first-order valence-electron chi connectivity index (χ1n) is 3.58. The van der Waals surface area contributed by atoms with Crippen LogP contribution in [0.15, 0.2) is 0 Å². The van der Waals surface area contributed by atoms with Gasteiger partial charge in [0.2, 0.25) is 6.36 Å². The second-order valence-electron chi connectivity index (χ2n) is 2.84. The van der Waals surface area contributed by atoms with Crippen molar-refractivity contribution < 1.29 is 33.9 Å². The van der Waals surface area contributed by atoms with Gasteiger partial charge in [-0.05, 0) is 0 Å². The molecule has 13 heavy (non-hydrogen) atoms. The highest BCUT2D eigenvalue weighted by atomic mass is 19.2. The highest BCUT2D eigenvalue weighted by Gasteiger charge is 2.54. The molecule has 1 heterocycles. The first kappa shape index (κ1) is 10.7. The Morgan fingerprint density at radius 1 is 1.23 bits per heavy atom. The molecule has 78 valence electrons. The molecular weight excluding hydrogens is 190 g/mol. The van der Waals surface area contributed by atoms with Crippen LogP contribution in [0.5, 0.6) is 0 Å². The summed E-state index contributed by atoms with van der Waals surface area (Å²) in [6, 6.07) is 0. The number of rotatable bonds is 1. The molecule has 4 N–H and O–H groups in total. The van der Waals surface area contributed by atoms with Crippen molar-refractivity contribution >= 4 is 0 Å². The van der Waals surface area contributed by atoms with Crippen molar-refractivity contribution in [2.24, 2.45) is 0 Å². The van der Waals surface area contributed by atoms with E-state index in [2.05, 4.69) is 4.74 Å². The van der Waals surface area contributed by atoms with E-state index >= 15 is 0 Å². The van der Waals surface area contributed by atoms with Gasteiger partial charge in [0, 0.05) is 0 Å². The summed E-state index contributed by atoms with van der Waals surface area (Å²) in [7, 11) is 0. The third kappa shape index (κ3) is 1.65. The number of aliphatic hydroxyl groups is 4. The zero-order valence-electron chi connectivity index (χ0n) is 6.47. The van der Waals surface area contributed by atoms with E-state index in [-0.39, 0.29) is 0 Å². The molecule has 0 saturated carbocycles. The van der Waals surface area contributed by atoms with Gasteiger partial charge in [0.05, 0.1) is 0 Å². The van der Waals surface area contributed by atoms with Crippen LogP contribution in [0, 0.1) is 0 Å². The number of ether oxygens (including phenoxy) is 1. The van der Waals surface area contributed by atoms with Crippen LogP contribution in [0.25, 0.3) is 0 Å². The van der Waals surface area contributed by atoms with E-state index in [9.17, 15) is 8.78 Å². The van der Waals surface area contributed by atoms with Gasteiger partial charge in [-0.25, -0.2) is 8.78 Å². The highest BCUT2D eigenvalue weighted by Crippen LogP contribution is 2.31. The van der Waals surface area contributed by atoms with Gasteiger partial charge in [0.1, 0.15) is 24.9 Å². The van der Waals surface area contributed by atoms with E-state index in [0.717, 1.165) is 0 Å². The Bertz CT molecular complexity index is 192. The molecule has 0 amide bonds. The summed E-state index contributed by atoms with van der Waals surface area (Å²) in [4.78, 5) is 0. The van der Waals surface area contributed by atoms with Crippen LogP contribution < -0.4 is 0 Å². The molecule has 0 unspecified atom stereocenters. The summed E-state index contributed by atoms with van der Waals surface area (Å²) < 4.78 is 29.6. The maximum absolute atomic E-state index is 13.1. The fourth-order valence-corrected chi connectivity index (χ4v) is 1.05. The number of hydrogen-bond acceptors (Lipinski definition) is 5. The minimum atomic E-state index is -3.07. The predicted octanol–water partition coefficient (Wildman–Crippen LogP) is -1.95. The average molecular weight is 200 g/mol. The Hall–Kier alpha value is -0.340. The van der Waals surface area contributed by atoms with Crippen molar-refractivity contribution in [3.05, 3.63) is 0 Å². The molecule has 0 aromatic carbocycles. The van der Waals surface area contributed by atoms with Gasteiger partial charge >= 0.3 is 0 Å². The molecule has 5 nitrogen and oxygen atoms in total. The standard InChI is InChI=1S/C6H10F2O5/c7-5-3(11)2(10)4(12)6(8,1-9)13-5/h2-5,9-12H,1H2/t2-,3+,4+,5+,6-/m1/s1. The van der Waals surface area contributed by atoms with Crippen molar-refractivity contribution in [2.75, 3.05) is 6.61 Å². The third-order valence-corrected chi connectivity index (χ3v) is 1.91. The number of halogens is 2. The molecule has 7 heteroatoms. The molecule has 1 saturated heterocycles. The van der Waals surface area contributed by atoms with Crippen LogP contribution in [0.4, 0.5) is 8.78 Å². The normalized spacial score (nSPS) is 52.2. The van der Waals surface area contributed by atoms with Crippen LogP contribution in [-0.4, -0.2) is 57.6 Å². The van der Waals surface area contributed by atoms with Crippen molar-refractivity contribution in [3.63, 3.8) is 0 Å². The molecule has 0 aromatic rings. The first-order valence-corrected chi connectivity index (χ1v) is 3.58. The SMILES string of the molecule is OC[C@@]1(F)O[C@H](F)[C@@H](O)[C@@H](O)[C@@H]1O.